The number of nitrogens with zero attached hydrogens (tertiary/aromatic N) is 4. The van der Waals surface area contributed by atoms with E-state index in [4.69, 9.17) is 19.4 Å². The topological polar surface area (TPSA) is 56.7 Å². The molecule has 0 unspecified atom stereocenters. The Labute approximate surface area is 287 Å². The van der Waals surface area contributed by atoms with Gasteiger partial charge in [0.2, 0.25) is 0 Å². The van der Waals surface area contributed by atoms with Crippen molar-refractivity contribution in [1.29, 1.82) is 0 Å². The van der Waals surface area contributed by atoms with Crippen molar-refractivity contribution in [3.63, 3.8) is 0 Å². The van der Waals surface area contributed by atoms with Crippen molar-refractivity contribution in [2.45, 2.75) is 0 Å². The molecule has 234 valence electrons. The van der Waals surface area contributed by atoms with Gasteiger partial charge in [0.05, 0.1) is 11.0 Å². The lowest BCUT2D eigenvalue weighted by Crippen LogP contribution is -2.02. The second-order valence-electron chi connectivity index (χ2n) is 12.4. The Bertz CT molecular complexity index is 2850. The van der Waals surface area contributed by atoms with Crippen LogP contribution in [0, 0.1) is 0 Å². The molecule has 5 heteroatoms. The number of hydrogen-bond acceptors (Lipinski definition) is 4. The van der Waals surface area contributed by atoms with E-state index in [0.717, 1.165) is 71.9 Å². The van der Waals surface area contributed by atoms with Gasteiger partial charge in [-0.25, -0.2) is 15.0 Å². The highest BCUT2D eigenvalue weighted by Crippen LogP contribution is 2.38. The molecule has 50 heavy (non-hydrogen) atoms. The van der Waals surface area contributed by atoms with Crippen molar-refractivity contribution in [3.8, 4) is 51.0 Å². The van der Waals surface area contributed by atoms with Crippen molar-refractivity contribution in [2.75, 3.05) is 0 Å². The van der Waals surface area contributed by atoms with E-state index in [1.54, 1.807) is 0 Å². The largest absolute Gasteiger partial charge is 0.456 e. The second kappa shape index (κ2) is 11.4. The predicted molar refractivity (Wildman–Crippen MR) is 203 cm³/mol. The molecule has 0 fully saturated rings. The lowest BCUT2D eigenvalue weighted by Gasteiger charge is -2.13. The van der Waals surface area contributed by atoms with Gasteiger partial charge in [-0.2, -0.15) is 0 Å². The van der Waals surface area contributed by atoms with Crippen LogP contribution in [-0.2, 0) is 0 Å². The first-order chi connectivity index (χ1) is 24.8. The first kappa shape index (κ1) is 28.2. The minimum atomic E-state index is 0.601. The zero-order chi connectivity index (χ0) is 33.0. The summed E-state index contributed by atoms with van der Waals surface area (Å²) in [6, 6.07) is 58.6. The number of benzene rings is 7. The van der Waals surface area contributed by atoms with Crippen LogP contribution in [0.1, 0.15) is 0 Å². The quantitative estimate of drug-likeness (QED) is 0.188. The fraction of sp³-hybridized carbons (Fsp3) is 0. The summed E-state index contributed by atoms with van der Waals surface area (Å²) >= 11 is 0. The second-order valence-corrected chi connectivity index (χ2v) is 12.4. The third kappa shape index (κ3) is 4.60. The van der Waals surface area contributed by atoms with E-state index in [-0.39, 0.29) is 0 Å². The Hall–Kier alpha value is -6.85. The number of furan rings is 1. The standard InChI is InChI=1S/C45H28N4O/c1-3-12-29(13-4-1)30-22-24-31(25-23-30)43-46-44(32-26-27-41-38(28-32)35-17-8-10-21-40(35)50-41)48-45(47-43)37-19-11-18-36-34-16-7-9-20-39(34)49(42(36)37)33-14-5-2-6-15-33/h1-28H. The van der Waals surface area contributed by atoms with Gasteiger partial charge >= 0.3 is 0 Å². The molecule has 0 aliphatic carbocycles. The van der Waals surface area contributed by atoms with Gasteiger partial charge in [0, 0.05) is 43.9 Å². The van der Waals surface area contributed by atoms with Crippen molar-refractivity contribution >= 4 is 43.7 Å². The van der Waals surface area contributed by atoms with Gasteiger partial charge in [0.25, 0.3) is 0 Å². The average molecular weight is 641 g/mol. The van der Waals surface area contributed by atoms with Crippen LogP contribution < -0.4 is 0 Å². The van der Waals surface area contributed by atoms with Gasteiger partial charge in [-0.15, -0.1) is 0 Å². The van der Waals surface area contributed by atoms with Gasteiger partial charge in [-0.1, -0.05) is 121 Å². The summed E-state index contributed by atoms with van der Waals surface area (Å²) in [7, 11) is 0. The highest BCUT2D eigenvalue weighted by molar-refractivity contribution is 6.13. The van der Waals surface area contributed by atoms with Crippen LogP contribution in [0.4, 0.5) is 0 Å². The first-order valence-electron chi connectivity index (χ1n) is 16.7. The monoisotopic (exact) mass is 640 g/mol. The maximum Gasteiger partial charge on any atom is 0.166 e. The van der Waals surface area contributed by atoms with Gasteiger partial charge in [0.15, 0.2) is 17.5 Å². The summed E-state index contributed by atoms with van der Waals surface area (Å²) in [5.41, 5.74) is 10.00. The van der Waals surface area contributed by atoms with Crippen LogP contribution in [-0.4, -0.2) is 19.5 Å². The Morgan fingerprint density at radius 2 is 0.960 bits per heavy atom. The molecule has 0 saturated heterocycles. The van der Waals surface area contributed by atoms with Crippen LogP contribution in [0.2, 0.25) is 0 Å². The van der Waals surface area contributed by atoms with E-state index in [0.29, 0.717) is 17.5 Å². The Balaban J connectivity index is 1.22. The molecule has 0 atom stereocenters. The summed E-state index contributed by atoms with van der Waals surface area (Å²) in [5.74, 6) is 1.82. The Kier molecular flexibility index (Phi) is 6.42. The van der Waals surface area contributed by atoms with Gasteiger partial charge in [0.1, 0.15) is 11.2 Å². The average Bonchev–Trinajstić information content (AvgIpc) is 3.74. The molecule has 10 rings (SSSR count). The minimum Gasteiger partial charge on any atom is -0.456 e. The number of para-hydroxylation sites is 4. The fourth-order valence-corrected chi connectivity index (χ4v) is 7.11. The smallest absolute Gasteiger partial charge is 0.166 e. The molecule has 0 aliphatic rings. The molecule has 3 heterocycles. The zero-order valence-electron chi connectivity index (χ0n) is 26.9. The van der Waals surface area contributed by atoms with Gasteiger partial charge < -0.3 is 8.98 Å². The zero-order valence-corrected chi connectivity index (χ0v) is 26.9. The summed E-state index contributed by atoms with van der Waals surface area (Å²) in [6.45, 7) is 0. The highest BCUT2D eigenvalue weighted by Gasteiger charge is 2.20. The molecule has 0 N–H and O–H groups in total. The first-order valence-corrected chi connectivity index (χ1v) is 16.7. The SMILES string of the molecule is c1ccc(-c2ccc(-c3nc(-c4ccc5oc6ccccc6c5c4)nc(-c4cccc5c6ccccc6n(-c6ccccc6)c45)n3)cc2)cc1. The number of fused-ring (bicyclic) bond motifs is 6. The molecule has 3 aromatic heterocycles. The fourth-order valence-electron chi connectivity index (χ4n) is 7.11. The molecule has 0 aliphatic heterocycles. The molecule has 7 aromatic carbocycles. The van der Waals surface area contributed by atoms with Crippen LogP contribution in [0.25, 0.3) is 94.7 Å². The molecular formula is C45H28N4O. The highest BCUT2D eigenvalue weighted by atomic mass is 16.3. The van der Waals surface area contributed by atoms with Gasteiger partial charge in [-0.05, 0) is 59.7 Å². The molecule has 10 aromatic rings. The molecular weight excluding hydrogens is 613 g/mol. The van der Waals surface area contributed by atoms with Crippen molar-refractivity contribution < 1.29 is 4.42 Å². The van der Waals surface area contributed by atoms with Crippen LogP contribution in [0.5, 0.6) is 0 Å². The van der Waals surface area contributed by atoms with E-state index < -0.39 is 0 Å². The van der Waals surface area contributed by atoms with E-state index in [2.05, 4.69) is 132 Å². The third-order valence-electron chi connectivity index (χ3n) is 9.47. The number of rotatable bonds is 5. The maximum absolute atomic E-state index is 6.15. The Morgan fingerprint density at radius 1 is 0.380 bits per heavy atom. The molecule has 0 amide bonds. The van der Waals surface area contributed by atoms with E-state index in [1.807, 2.05) is 42.5 Å². The van der Waals surface area contributed by atoms with E-state index >= 15 is 0 Å². The molecule has 0 radical (unpaired) electrons. The van der Waals surface area contributed by atoms with Crippen LogP contribution in [0.15, 0.2) is 174 Å². The van der Waals surface area contributed by atoms with E-state index in [1.165, 1.54) is 5.39 Å². The molecule has 0 spiro atoms. The normalized spacial score (nSPS) is 11.6. The molecule has 5 nitrogen and oxygen atoms in total. The lowest BCUT2D eigenvalue weighted by atomic mass is 10.0. The Morgan fingerprint density at radius 3 is 1.78 bits per heavy atom. The summed E-state index contributed by atoms with van der Waals surface area (Å²) < 4.78 is 8.47. The van der Waals surface area contributed by atoms with Crippen molar-refractivity contribution in [1.82, 2.24) is 19.5 Å². The minimum absolute atomic E-state index is 0.601. The van der Waals surface area contributed by atoms with E-state index in [9.17, 15) is 0 Å². The summed E-state index contributed by atoms with van der Waals surface area (Å²) in [6.07, 6.45) is 0. The third-order valence-corrected chi connectivity index (χ3v) is 9.47. The summed E-state index contributed by atoms with van der Waals surface area (Å²) in [4.78, 5) is 15.5. The van der Waals surface area contributed by atoms with Crippen LogP contribution >= 0.6 is 0 Å². The number of hydrogen-bond donors (Lipinski definition) is 0. The number of aromatic nitrogens is 4. The van der Waals surface area contributed by atoms with Crippen LogP contribution in [0.3, 0.4) is 0 Å². The van der Waals surface area contributed by atoms with Crippen molar-refractivity contribution in [3.05, 3.63) is 170 Å². The molecule has 0 saturated carbocycles. The van der Waals surface area contributed by atoms with Crippen molar-refractivity contribution in [2.24, 2.45) is 0 Å². The predicted octanol–water partition coefficient (Wildman–Crippen LogP) is 11.5. The van der Waals surface area contributed by atoms with Gasteiger partial charge in [-0.3, -0.25) is 0 Å². The maximum atomic E-state index is 6.15. The summed E-state index contributed by atoms with van der Waals surface area (Å²) in [5, 5.41) is 4.41. The molecule has 0 bridgehead atoms. The lowest BCUT2D eigenvalue weighted by molar-refractivity contribution is 0.669.